The number of amides is 2. The summed E-state index contributed by atoms with van der Waals surface area (Å²) in [7, 11) is 0. The number of nitrogens with one attached hydrogen (secondary N) is 1. The number of rotatable bonds is 8. The molecule has 0 aliphatic heterocycles. The van der Waals surface area contributed by atoms with E-state index in [1.54, 1.807) is 0 Å². The Morgan fingerprint density at radius 1 is 1.15 bits per heavy atom. The van der Waals surface area contributed by atoms with Gasteiger partial charge in [-0.2, -0.15) is 0 Å². The lowest BCUT2D eigenvalue weighted by atomic mass is 10.0. The van der Waals surface area contributed by atoms with Gasteiger partial charge in [0.2, 0.25) is 0 Å². The zero-order valence-corrected chi connectivity index (χ0v) is 15.8. The summed E-state index contributed by atoms with van der Waals surface area (Å²) < 4.78 is 4.86. The Morgan fingerprint density at radius 2 is 1.81 bits per heavy atom. The molecule has 1 aromatic carbocycles. The number of nitrogens with zero attached hydrogens (tertiary/aromatic N) is 2. The fourth-order valence-corrected chi connectivity index (χ4v) is 2.69. The molecule has 2 aromatic rings. The first-order valence-corrected chi connectivity index (χ1v) is 8.84. The minimum absolute atomic E-state index is 0.0467. The highest BCUT2D eigenvalue weighted by Crippen LogP contribution is 2.24. The van der Waals surface area contributed by atoms with Gasteiger partial charge in [0.25, 0.3) is 5.91 Å². The van der Waals surface area contributed by atoms with Crippen LogP contribution < -0.4 is 16.8 Å². The number of anilines is 2. The van der Waals surface area contributed by atoms with E-state index in [4.69, 9.17) is 16.2 Å². The van der Waals surface area contributed by atoms with E-state index in [0.717, 1.165) is 22.6 Å². The summed E-state index contributed by atoms with van der Waals surface area (Å²) >= 11 is 0. The molecule has 0 fully saturated rings. The second-order valence-corrected chi connectivity index (χ2v) is 6.17. The Bertz CT molecular complexity index is 838. The van der Waals surface area contributed by atoms with Crippen molar-refractivity contribution in [1.82, 2.24) is 9.97 Å². The maximum absolute atomic E-state index is 11.8. The number of primary amides is 2. The van der Waals surface area contributed by atoms with E-state index in [1.165, 1.54) is 0 Å². The molecule has 8 heteroatoms. The van der Waals surface area contributed by atoms with E-state index in [-0.39, 0.29) is 18.2 Å². The summed E-state index contributed by atoms with van der Waals surface area (Å²) in [4.78, 5) is 31.6. The fraction of sp³-hybridized carbons (Fsp3) is 0.368. The van der Waals surface area contributed by atoms with Crippen LogP contribution in [0.5, 0.6) is 0 Å². The van der Waals surface area contributed by atoms with Gasteiger partial charge in [-0.15, -0.1) is 0 Å². The Balaban J connectivity index is 2.32. The maximum Gasteiger partial charge on any atom is 0.404 e. The van der Waals surface area contributed by atoms with Crippen LogP contribution in [0, 0.1) is 0 Å². The summed E-state index contributed by atoms with van der Waals surface area (Å²) in [5, 5.41) is 3.13. The topological polar surface area (TPSA) is 133 Å². The summed E-state index contributed by atoms with van der Waals surface area (Å²) in [5.74, 6) is -0.355. The van der Waals surface area contributed by atoms with Crippen molar-refractivity contribution in [2.24, 2.45) is 11.5 Å². The van der Waals surface area contributed by atoms with Crippen LogP contribution in [0.25, 0.3) is 0 Å². The van der Waals surface area contributed by atoms with Crippen LogP contribution in [-0.4, -0.2) is 28.6 Å². The molecule has 27 heavy (non-hydrogen) atoms. The van der Waals surface area contributed by atoms with Gasteiger partial charge < -0.3 is 21.5 Å². The zero-order chi connectivity index (χ0) is 20.0. The molecule has 5 N–H and O–H groups in total. The van der Waals surface area contributed by atoms with Crippen molar-refractivity contribution in [1.29, 1.82) is 0 Å². The van der Waals surface area contributed by atoms with Crippen molar-refractivity contribution in [2.45, 2.75) is 39.5 Å². The number of hydrogen-bond acceptors (Lipinski definition) is 6. The molecule has 144 valence electrons. The number of hydrogen-bond donors (Lipinski definition) is 3. The Morgan fingerprint density at radius 3 is 2.41 bits per heavy atom. The van der Waals surface area contributed by atoms with Crippen molar-refractivity contribution < 1.29 is 14.3 Å². The number of carbonyl (C=O) groups excluding carboxylic acids is 2. The lowest BCUT2D eigenvalue weighted by Crippen LogP contribution is -2.19. The summed E-state index contributed by atoms with van der Waals surface area (Å²) in [5.41, 5.74) is 13.9. The number of carbonyl (C=O) groups is 2. The molecule has 0 saturated carbocycles. The van der Waals surface area contributed by atoms with Crippen LogP contribution in [0.3, 0.4) is 0 Å². The summed E-state index contributed by atoms with van der Waals surface area (Å²) in [6.07, 6.45) is 0.565. The van der Waals surface area contributed by atoms with Gasteiger partial charge in [0.1, 0.15) is 0 Å². The van der Waals surface area contributed by atoms with E-state index >= 15 is 0 Å². The van der Waals surface area contributed by atoms with E-state index in [9.17, 15) is 9.59 Å². The predicted octanol–water partition coefficient (Wildman–Crippen LogP) is 2.64. The molecular formula is C19H25N5O3. The van der Waals surface area contributed by atoms with Crippen molar-refractivity contribution >= 4 is 23.5 Å². The van der Waals surface area contributed by atoms with Crippen molar-refractivity contribution in [3.05, 3.63) is 46.9 Å². The first kappa shape index (κ1) is 20.2. The van der Waals surface area contributed by atoms with Gasteiger partial charge in [0.15, 0.2) is 11.5 Å². The molecule has 0 bridgehead atoms. The number of aromatic nitrogens is 2. The quantitative estimate of drug-likeness (QED) is 0.653. The van der Waals surface area contributed by atoms with Crippen LogP contribution in [0.2, 0.25) is 0 Å². The minimum atomic E-state index is -0.805. The highest BCUT2D eigenvalue weighted by molar-refractivity contribution is 5.96. The van der Waals surface area contributed by atoms with Crippen LogP contribution >= 0.6 is 0 Å². The molecule has 1 unspecified atom stereocenters. The summed E-state index contributed by atoms with van der Waals surface area (Å²) in [6, 6.07) is 7.51. The van der Waals surface area contributed by atoms with E-state index in [2.05, 4.69) is 15.3 Å². The van der Waals surface area contributed by atoms with Crippen LogP contribution in [-0.2, 0) is 17.6 Å². The molecule has 8 nitrogen and oxygen atoms in total. The third kappa shape index (κ3) is 5.16. The average molecular weight is 371 g/mol. The van der Waals surface area contributed by atoms with Crippen molar-refractivity contribution in [3.8, 4) is 0 Å². The van der Waals surface area contributed by atoms with Crippen LogP contribution in [0.15, 0.2) is 24.3 Å². The first-order chi connectivity index (χ1) is 12.8. The van der Waals surface area contributed by atoms with Crippen molar-refractivity contribution in [3.63, 3.8) is 0 Å². The maximum atomic E-state index is 11.8. The number of ether oxygens (including phenoxy) is 1. The van der Waals surface area contributed by atoms with Crippen LogP contribution in [0.1, 0.15) is 54.1 Å². The lowest BCUT2D eigenvalue weighted by Gasteiger charge is -2.15. The highest BCUT2D eigenvalue weighted by atomic mass is 16.5. The Hall–Kier alpha value is -3.16. The van der Waals surface area contributed by atoms with Crippen molar-refractivity contribution in [2.75, 3.05) is 11.9 Å². The minimum Gasteiger partial charge on any atom is -0.449 e. The number of nitrogens with two attached hydrogens (primary N) is 2. The van der Waals surface area contributed by atoms with Gasteiger partial charge in [-0.25, -0.2) is 14.8 Å². The number of benzene rings is 1. The molecule has 2 amide bonds. The zero-order valence-electron chi connectivity index (χ0n) is 15.8. The van der Waals surface area contributed by atoms with E-state index in [1.807, 2.05) is 45.0 Å². The monoisotopic (exact) mass is 371 g/mol. The van der Waals surface area contributed by atoms with Crippen LogP contribution in [0.4, 0.5) is 16.3 Å². The molecule has 0 radical (unpaired) electrons. The van der Waals surface area contributed by atoms with Gasteiger partial charge in [-0.1, -0.05) is 32.9 Å². The Kier molecular flexibility index (Phi) is 6.70. The SMILES string of the molecule is CCc1nc(Nc2cccc(C(C)COC(N)=O)c2)c(C(N)=O)nc1CC. The second kappa shape index (κ2) is 8.98. The molecule has 1 heterocycles. The number of aryl methyl sites for hydroxylation is 2. The highest BCUT2D eigenvalue weighted by Gasteiger charge is 2.17. The molecular weight excluding hydrogens is 346 g/mol. The second-order valence-electron chi connectivity index (χ2n) is 6.17. The van der Waals surface area contributed by atoms with E-state index < -0.39 is 12.0 Å². The summed E-state index contributed by atoms with van der Waals surface area (Å²) in [6.45, 7) is 6.04. The molecule has 1 aromatic heterocycles. The lowest BCUT2D eigenvalue weighted by molar-refractivity contribution is 0.0995. The third-order valence-electron chi connectivity index (χ3n) is 4.15. The smallest absolute Gasteiger partial charge is 0.404 e. The molecule has 0 saturated heterocycles. The first-order valence-electron chi connectivity index (χ1n) is 8.84. The normalized spacial score (nSPS) is 11.7. The van der Waals surface area contributed by atoms with Gasteiger partial charge >= 0.3 is 6.09 Å². The van der Waals surface area contributed by atoms with E-state index in [0.29, 0.717) is 18.7 Å². The molecule has 0 aliphatic rings. The predicted molar refractivity (Wildman–Crippen MR) is 103 cm³/mol. The molecule has 0 aliphatic carbocycles. The van der Waals surface area contributed by atoms with Gasteiger partial charge in [0.05, 0.1) is 18.0 Å². The largest absolute Gasteiger partial charge is 0.449 e. The average Bonchev–Trinajstić information content (AvgIpc) is 2.65. The standard InChI is InChI=1S/C19H25N5O3/c1-4-14-15(5-2)24-18(16(23-14)17(20)25)22-13-8-6-7-12(9-13)11(3)10-27-19(21)26/h6-9,11H,4-5,10H2,1-3H3,(H2,20,25)(H2,21,26)(H,22,24). The van der Waals surface area contributed by atoms with Gasteiger partial charge in [-0.05, 0) is 30.5 Å². The Labute approximate surface area is 158 Å². The van der Waals surface area contributed by atoms with Gasteiger partial charge in [-0.3, -0.25) is 4.79 Å². The van der Waals surface area contributed by atoms with Gasteiger partial charge in [0, 0.05) is 11.6 Å². The molecule has 1 atom stereocenters. The molecule has 2 rings (SSSR count). The third-order valence-corrected chi connectivity index (χ3v) is 4.15. The molecule has 0 spiro atoms. The fourth-order valence-electron chi connectivity index (χ4n) is 2.69.